The maximum absolute atomic E-state index is 12.8. The summed E-state index contributed by atoms with van der Waals surface area (Å²) in [6, 6.07) is -0.404. The molecule has 0 unspecified atom stereocenters. The van der Waals surface area contributed by atoms with Gasteiger partial charge in [-0.05, 0) is 18.8 Å². The van der Waals surface area contributed by atoms with Crippen molar-refractivity contribution in [2.45, 2.75) is 38.1 Å². The van der Waals surface area contributed by atoms with Crippen LogP contribution in [0.5, 0.6) is 0 Å². The summed E-state index contributed by atoms with van der Waals surface area (Å²) in [5.74, 6) is 1.65. The van der Waals surface area contributed by atoms with Gasteiger partial charge in [-0.15, -0.1) is 0 Å². The van der Waals surface area contributed by atoms with Gasteiger partial charge in [-0.25, -0.2) is 4.79 Å². The number of nitrogens with one attached hydrogen (secondary N) is 1. The Labute approximate surface area is 135 Å². The number of thioether (sulfide) groups is 1. The molecule has 2 heterocycles. The number of carbonyl (C=O) groups excluding carboxylic acids is 3. The highest BCUT2D eigenvalue weighted by Gasteiger charge is 2.55. The number of hydrogen-bond acceptors (Lipinski definition) is 4. The average Bonchev–Trinajstić information content (AvgIpc) is 2.76. The number of hydrogen-bond donors (Lipinski definition) is 1. The summed E-state index contributed by atoms with van der Waals surface area (Å²) in [5, 5.41) is 2.89. The maximum Gasteiger partial charge on any atom is 0.325 e. The van der Waals surface area contributed by atoms with Gasteiger partial charge in [-0.1, -0.05) is 19.8 Å². The molecule has 2 saturated heterocycles. The van der Waals surface area contributed by atoms with Crippen LogP contribution in [0, 0.1) is 5.92 Å². The summed E-state index contributed by atoms with van der Waals surface area (Å²) in [7, 11) is 0. The van der Waals surface area contributed by atoms with Gasteiger partial charge in [0.15, 0.2) is 0 Å². The first kappa shape index (κ1) is 15.6. The first-order chi connectivity index (χ1) is 10.5. The Balaban J connectivity index is 1.70. The molecule has 0 bridgehead atoms. The topological polar surface area (TPSA) is 69.7 Å². The average molecular weight is 325 g/mol. The summed E-state index contributed by atoms with van der Waals surface area (Å²) in [6.45, 7) is 3.30. The fourth-order valence-electron chi connectivity index (χ4n) is 3.69. The standard InChI is InChI=1S/C15H23N3O3S/c1-11-4-2-3-5-15(11)13(20)18(14(21)16-15)10-12(19)17-6-8-22-9-7-17/h11H,2-10H2,1H3,(H,16,21)/t11-,15+/m1/s1. The highest BCUT2D eigenvalue weighted by Crippen LogP contribution is 2.38. The molecule has 0 aromatic rings. The summed E-state index contributed by atoms with van der Waals surface area (Å²) in [5.41, 5.74) is -0.770. The molecule has 2 aliphatic heterocycles. The molecule has 1 spiro atoms. The normalized spacial score (nSPS) is 32.5. The van der Waals surface area contributed by atoms with Gasteiger partial charge in [0.25, 0.3) is 5.91 Å². The van der Waals surface area contributed by atoms with Gasteiger partial charge in [0.05, 0.1) is 0 Å². The highest BCUT2D eigenvalue weighted by atomic mass is 32.2. The van der Waals surface area contributed by atoms with Crippen LogP contribution in [0.4, 0.5) is 4.79 Å². The molecule has 3 aliphatic rings. The van der Waals surface area contributed by atoms with Crippen LogP contribution in [-0.2, 0) is 9.59 Å². The Bertz CT molecular complexity index is 492. The molecule has 6 nitrogen and oxygen atoms in total. The van der Waals surface area contributed by atoms with Crippen LogP contribution < -0.4 is 5.32 Å². The van der Waals surface area contributed by atoms with Crippen LogP contribution in [-0.4, -0.2) is 64.3 Å². The summed E-state index contributed by atoms with van der Waals surface area (Å²) >= 11 is 1.82. The van der Waals surface area contributed by atoms with E-state index < -0.39 is 11.6 Å². The molecule has 0 aromatic carbocycles. The van der Waals surface area contributed by atoms with Crippen molar-refractivity contribution in [3.63, 3.8) is 0 Å². The summed E-state index contributed by atoms with van der Waals surface area (Å²) in [6.07, 6.45) is 3.67. The molecular weight excluding hydrogens is 302 g/mol. The monoisotopic (exact) mass is 325 g/mol. The molecule has 1 aliphatic carbocycles. The van der Waals surface area contributed by atoms with Crippen molar-refractivity contribution in [3.05, 3.63) is 0 Å². The summed E-state index contributed by atoms with van der Waals surface area (Å²) < 4.78 is 0. The number of amides is 4. The van der Waals surface area contributed by atoms with E-state index in [1.807, 2.05) is 18.7 Å². The Hall–Kier alpha value is -1.24. The molecule has 0 radical (unpaired) electrons. The van der Waals surface area contributed by atoms with Crippen molar-refractivity contribution < 1.29 is 14.4 Å². The van der Waals surface area contributed by atoms with Crippen LogP contribution in [0.3, 0.4) is 0 Å². The van der Waals surface area contributed by atoms with E-state index in [0.717, 1.165) is 35.7 Å². The fraction of sp³-hybridized carbons (Fsp3) is 0.800. The van der Waals surface area contributed by atoms with Crippen LogP contribution in [0.25, 0.3) is 0 Å². The molecule has 1 saturated carbocycles. The minimum Gasteiger partial charge on any atom is -0.339 e. The number of rotatable bonds is 2. The minimum absolute atomic E-state index is 0.121. The molecule has 2 atom stereocenters. The van der Waals surface area contributed by atoms with E-state index in [1.54, 1.807) is 4.90 Å². The zero-order valence-electron chi connectivity index (χ0n) is 13.0. The van der Waals surface area contributed by atoms with Gasteiger partial charge in [-0.2, -0.15) is 11.8 Å². The Morgan fingerprint density at radius 2 is 2.05 bits per heavy atom. The van der Waals surface area contributed by atoms with E-state index >= 15 is 0 Å². The van der Waals surface area contributed by atoms with Crippen LogP contribution >= 0.6 is 11.8 Å². The predicted octanol–water partition coefficient (Wildman–Crippen LogP) is 1.06. The van der Waals surface area contributed by atoms with E-state index in [9.17, 15) is 14.4 Å². The third kappa shape index (κ3) is 2.59. The zero-order valence-corrected chi connectivity index (χ0v) is 13.8. The van der Waals surface area contributed by atoms with Crippen molar-refractivity contribution in [2.24, 2.45) is 5.92 Å². The van der Waals surface area contributed by atoms with Crippen molar-refractivity contribution in [2.75, 3.05) is 31.1 Å². The third-order valence-electron chi connectivity index (χ3n) is 5.16. The Morgan fingerprint density at radius 3 is 2.73 bits per heavy atom. The lowest BCUT2D eigenvalue weighted by Crippen LogP contribution is -2.54. The maximum atomic E-state index is 12.8. The molecular formula is C15H23N3O3S. The number of nitrogens with zero attached hydrogens (tertiary/aromatic N) is 2. The molecule has 3 fully saturated rings. The van der Waals surface area contributed by atoms with Gasteiger partial charge in [0, 0.05) is 24.6 Å². The highest BCUT2D eigenvalue weighted by molar-refractivity contribution is 7.99. The van der Waals surface area contributed by atoms with E-state index in [1.165, 1.54) is 0 Å². The second kappa shape index (κ2) is 6.10. The van der Waals surface area contributed by atoms with Crippen molar-refractivity contribution >= 4 is 29.6 Å². The van der Waals surface area contributed by atoms with Crippen molar-refractivity contribution in [1.82, 2.24) is 15.1 Å². The van der Waals surface area contributed by atoms with Gasteiger partial charge in [0.2, 0.25) is 5.91 Å². The second-order valence-corrected chi connectivity index (χ2v) is 7.66. The number of urea groups is 1. The fourth-order valence-corrected chi connectivity index (χ4v) is 4.59. The SMILES string of the molecule is C[C@@H]1CCCC[C@]12NC(=O)N(CC(=O)N1CCSCC1)C2=O. The van der Waals surface area contributed by atoms with Gasteiger partial charge < -0.3 is 10.2 Å². The van der Waals surface area contributed by atoms with Gasteiger partial charge in [0.1, 0.15) is 12.1 Å². The minimum atomic E-state index is -0.770. The van der Waals surface area contributed by atoms with E-state index in [-0.39, 0.29) is 24.3 Å². The summed E-state index contributed by atoms with van der Waals surface area (Å²) in [4.78, 5) is 40.3. The Kier molecular flexibility index (Phi) is 4.34. The number of imide groups is 1. The van der Waals surface area contributed by atoms with Crippen LogP contribution in [0.2, 0.25) is 0 Å². The van der Waals surface area contributed by atoms with E-state index in [0.29, 0.717) is 19.5 Å². The van der Waals surface area contributed by atoms with E-state index in [2.05, 4.69) is 5.32 Å². The zero-order chi connectivity index (χ0) is 15.7. The molecule has 0 aromatic heterocycles. The lowest BCUT2D eigenvalue weighted by molar-refractivity contribution is -0.140. The first-order valence-electron chi connectivity index (χ1n) is 8.04. The predicted molar refractivity (Wildman–Crippen MR) is 84.5 cm³/mol. The molecule has 122 valence electrons. The largest absolute Gasteiger partial charge is 0.339 e. The quantitative estimate of drug-likeness (QED) is 0.771. The van der Waals surface area contributed by atoms with Crippen molar-refractivity contribution in [1.29, 1.82) is 0 Å². The molecule has 4 amide bonds. The number of carbonyl (C=O) groups is 3. The third-order valence-corrected chi connectivity index (χ3v) is 6.10. The van der Waals surface area contributed by atoms with Gasteiger partial charge in [-0.3, -0.25) is 14.5 Å². The lowest BCUT2D eigenvalue weighted by Gasteiger charge is -2.37. The smallest absolute Gasteiger partial charge is 0.325 e. The van der Waals surface area contributed by atoms with Crippen molar-refractivity contribution in [3.8, 4) is 0 Å². The van der Waals surface area contributed by atoms with E-state index in [4.69, 9.17) is 0 Å². The molecule has 22 heavy (non-hydrogen) atoms. The van der Waals surface area contributed by atoms with Crippen LogP contribution in [0.1, 0.15) is 32.6 Å². The molecule has 7 heteroatoms. The van der Waals surface area contributed by atoms with Gasteiger partial charge >= 0.3 is 6.03 Å². The molecule has 1 N–H and O–H groups in total. The van der Waals surface area contributed by atoms with Crippen LogP contribution in [0.15, 0.2) is 0 Å². The molecule has 3 rings (SSSR count). The lowest BCUT2D eigenvalue weighted by atomic mass is 9.73. The first-order valence-corrected chi connectivity index (χ1v) is 9.20. The Morgan fingerprint density at radius 1 is 1.32 bits per heavy atom. The second-order valence-electron chi connectivity index (χ2n) is 6.43.